The first kappa shape index (κ1) is 17.1. The van der Waals surface area contributed by atoms with E-state index in [0.717, 1.165) is 30.5 Å². The van der Waals surface area contributed by atoms with Gasteiger partial charge in [-0.2, -0.15) is 0 Å². The van der Waals surface area contributed by atoms with Gasteiger partial charge in [-0.25, -0.2) is 0 Å². The van der Waals surface area contributed by atoms with Gasteiger partial charge in [0, 0.05) is 18.2 Å². The summed E-state index contributed by atoms with van der Waals surface area (Å²) in [6, 6.07) is 17.0. The summed E-state index contributed by atoms with van der Waals surface area (Å²) < 4.78 is 0. The van der Waals surface area contributed by atoms with E-state index in [1.54, 1.807) is 12.1 Å². The number of phenols is 1. The summed E-state index contributed by atoms with van der Waals surface area (Å²) in [5, 5.41) is 9.37. The second kappa shape index (κ2) is 8.37. The maximum atomic E-state index is 12.8. The average molecular weight is 311 g/mol. The van der Waals surface area contributed by atoms with E-state index >= 15 is 0 Å². The maximum Gasteiger partial charge on any atom is 0.229 e. The highest BCUT2D eigenvalue weighted by Crippen LogP contribution is 2.20. The van der Waals surface area contributed by atoms with Crippen LogP contribution in [0.2, 0.25) is 0 Å². The number of amides is 1. The lowest BCUT2D eigenvalue weighted by molar-refractivity contribution is -0.122. The van der Waals surface area contributed by atoms with Gasteiger partial charge in [-0.3, -0.25) is 4.79 Å². The van der Waals surface area contributed by atoms with E-state index < -0.39 is 0 Å². The summed E-state index contributed by atoms with van der Waals surface area (Å²) in [5.41, 5.74) is 2.05. The van der Waals surface area contributed by atoms with E-state index in [1.165, 1.54) is 0 Å². The molecule has 0 aliphatic heterocycles. The zero-order chi connectivity index (χ0) is 16.7. The third kappa shape index (κ3) is 4.85. The highest BCUT2D eigenvalue weighted by molar-refractivity contribution is 5.94. The zero-order valence-electron chi connectivity index (χ0n) is 13.9. The molecule has 122 valence electrons. The van der Waals surface area contributed by atoms with Crippen LogP contribution in [0.15, 0.2) is 54.6 Å². The van der Waals surface area contributed by atoms with Crippen LogP contribution >= 0.6 is 0 Å². The van der Waals surface area contributed by atoms with Crippen molar-refractivity contribution in [3.05, 3.63) is 60.2 Å². The first-order valence-electron chi connectivity index (χ1n) is 8.26. The third-order valence-electron chi connectivity index (χ3n) is 4.04. The van der Waals surface area contributed by atoms with Crippen molar-refractivity contribution in [3.63, 3.8) is 0 Å². The van der Waals surface area contributed by atoms with Gasteiger partial charge in [0.1, 0.15) is 5.75 Å². The number of anilines is 1. The number of nitrogens with zero attached hydrogens (tertiary/aromatic N) is 1. The zero-order valence-corrected chi connectivity index (χ0v) is 13.9. The maximum absolute atomic E-state index is 12.8. The van der Waals surface area contributed by atoms with Crippen LogP contribution in [-0.4, -0.2) is 17.6 Å². The molecule has 1 N–H and O–H groups in total. The van der Waals surface area contributed by atoms with Crippen LogP contribution in [0.1, 0.15) is 32.3 Å². The van der Waals surface area contributed by atoms with Crippen molar-refractivity contribution >= 4 is 11.6 Å². The van der Waals surface area contributed by atoms with E-state index in [4.69, 9.17) is 0 Å². The number of hydrogen-bond acceptors (Lipinski definition) is 2. The van der Waals surface area contributed by atoms with E-state index in [2.05, 4.69) is 6.92 Å². The van der Waals surface area contributed by atoms with Gasteiger partial charge in [0.25, 0.3) is 0 Å². The number of rotatable bonds is 7. The van der Waals surface area contributed by atoms with Gasteiger partial charge in [-0.15, -0.1) is 0 Å². The molecular formula is C20H25NO2. The number of carbonyl (C=O) groups excluding carboxylic acids is 1. The van der Waals surface area contributed by atoms with Crippen LogP contribution in [0.25, 0.3) is 0 Å². The molecule has 0 spiro atoms. The molecular weight excluding hydrogens is 286 g/mol. The number of benzene rings is 2. The fourth-order valence-corrected chi connectivity index (χ4v) is 2.70. The number of hydrogen-bond donors (Lipinski definition) is 1. The van der Waals surface area contributed by atoms with Crippen molar-refractivity contribution in [2.75, 3.05) is 11.4 Å². The molecule has 0 bridgehead atoms. The summed E-state index contributed by atoms with van der Waals surface area (Å²) in [6.07, 6.45) is 2.68. The quantitative estimate of drug-likeness (QED) is 0.823. The van der Waals surface area contributed by atoms with E-state index in [1.807, 2.05) is 54.3 Å². The lowest BCUT2D eigenvalue weighted by Crippen LogP contribution is -2.36. The first-order valence-corrected chi connectivity index (χ1v) is 8.26. The number of phenolic OH excluding ortho intramolecular Hbond substituents is 1. The highest BCUT2D eigenvalue weighted by Gasteiger charge is 2.21. The minimum absolute atomic E-state index is 0.0278. The molecule has 2 aromatic rings. The SMILES string of the molecule is CCCC(C)C(=O)N(CCc1ccc(O)cc1)c1ccccc1. The molecule has 1 unspecified atom stereocenters. The first-order chi connectivity index (χ1) is 11.1. The summed E-state index contributed by atoms with van der Waals surface area (Å²) in [5.74, 6) is 0.471. The molecule has 2 aromatic carbocycles. The lowest BCUT2D eigenvalue weighted by atomic mass is 10.0. The Morgan fingerprint density at radius 2 is 1.74 bits per heavy atom. The molecule has 0 aliphatic carbocycles. The molecule has 0 radical (unpaired) electrons. The number of aromatic hydroxyl groups is 1. The molecule has 0 saturated heterocycles. The van der Waals surface area contributed by atoms with E-state index in [0.29, 0.717) is 6.54 Å². The van der Waals surface area contributed by atoms with Gasteiger partial charge in [0.15, 0.2) is 0 Å². The Morgan fingerprint density at radius 3 is 2.35 bits per heavy atom. The van der Waals surface area contributed by atoms with Crippen molar-refractivity contribution in [1.82, 2.24) is 0 Å². The highest BCUT2D eigenvalue weighted by atomic mass is 16.3. The monoisotopic (exact) mass is 311 g/mol. The summed E-state index contributed by atoms with van der Waals surface area (Å²) in [4.78, 5) is 14.7. The standard InChI is InChI=1S/C20H25NO2/c1-3-7-16(2)20(23)21(18-8-5-4-6-9-18)15-14-17-10-12-19(22)13-11-17/h4-6,8-13,16,22H,3,7,14-15H2,1-2H3. The van der Waals surface area contributed by atoms with Gasteiger partial charge in [0.2, 0.25) is 5.91 Å². The number of carbonyl (C=O) groups is 1. The smallest absolute Gasteiger partial charge is 0.229 e. The summed E-state index contributed by atoms with van der Waals surface area (Å²) >= 11 is 0. The Balaban J connectivity index is 2.13. The molecule has 0 aromatic heterocycles. The molecule has 3 nitrogen and oxygen atoms in total. The Labute approximate surface area is 138 Å². The lowest BCUT2D eigenvalue weighted by Gasteiger charge is -2.26. The van der Waals surface area contributed by atoms with Crippen LogP contribution in [0.4, 0.5) is 5.69 Å². The molecule has 1 amide bonds. The normalized spacial score (nSPS) is 11.9. The molecule has 0 heterocycles. The van der Waals surface area contributed by atoms with Crippen LogP contribution in [0.5, 0.6) is 5.75 Å². The molecule has 0 fully saturated rings. The fraction of sp³-hybridized carbons (Fsp3) is 0.350. The molecule has 23 heavy (non-hydrogen) atoms. The minimum Gasteiger partial charge on any atom is -0.508 e. The topological polar surface area (TPSA) is 40.5 Å². The van der Waals surface area contributed by atoms with Gasteiger partial charge < -0.3 is 10.0 Å². The number of para-hydroxylation sites is 1. The van der Waals surface area contributed by atoms with Gasteiger partial charge in [0.05, 0.1) is 0 Å². The molecule has 0 aliphatic rings. The third-order valence-corrected chi connectivity index (χ3v) is 4.04. The van der Waals surface area contributed by atoms with E-state index in [9.17, 15) is 9.90 Å². The average Bonchev–Trinajstić information content (AvgIpc) is 2.57. The Kier molecular flexibility index (Phi) is 6.21. The Hall–Kier alpha value is -2.29. The van der Waals surface area contributed by atoms with Crippen molar-refractivity contribution in [3.8, 4) is 5.75 Å². The molecule has 2 rings (SSSR count). The van der Waals surface area contributed by atoms with Gasteiger partial charge >= 0.3 is 0 Å². The second-order valence-corrected chi connectivity index (χ2v) is 5.93. The van der Waals surface area contributed by atoms with Crippen molar-refractivity contribution in [2.45, 2.75) is 33.1 Å². The molecule has 0 saturated carbocycles. The fourth-order valence-electron chi connectivity index (χ4n) is 2.70. The molecule has 1 atom stereocenters. The van der Waals surface area contributed by atoms with Crippen LogP contribution in [0.3, 0.4) is 0 Å². The molecule has 3 heteroatoms. The van der Waals surface area contributed by atoms with Crippen LogP contribution in [0, 0.1) is 5.92 Å². The Morgan fingerprint density at radius 1 is 1.09 bits per heavy atom. The largest absolute Gasteiger partial charge is 0.508 e. The Bertz CT molecular complexity index is 607. The van der Waals surface area contributed by atoms with Crippen molar-refractivity contribution in [1.29, 1.82) is 0 Å². The van der Waals surface area contributed by atoms with E-state index in [-0.39, 0.29) is 17.6 Å². The predicted molar refractivity (Wildman–Crippen MR) is 94.7 cm³/mol. The second-order valence-electron chi connectivity index (χ2n) is 5.93. The van der Waals surface area contributed by atoms with Crippen LogP contribution < -0.4 is 4.90 Å². The van der Waals surface area contributed by atoms with Crippen molar-refractivity contribution < 1.29 is 9.90 Å². The van der Waals surface area contributed by atoms with Gasteiger partial charge in [-0.05, 0) is 42.7 Å². The predicted octanol–water partition coefficient (Wildman–Crippen LogP) is 4.40. The summed E-state index contributed by atoms with van der Waals surface area (Å²) in [6.45, 7) is 4.75. The van der Waals surface area contributed by atoms with Crippen LogP contribution in [-0.2, 0) is 11.2 Å². The van der Waals surface area contributed by atoms with Crippen molar-refractivity contribution in [2.24, 2.45) is 5.92 Å². The minimum atomic E-state index is 0.0278. The van der Waals surface area contributed by atoms with Gasteiger partial charge in [-0.1, -0.05) is 50.6 Å². The summed E-state index contributed by atoms with van der Waals surface area (Å²) in [7, 11) is 0.